The van der Waals surface area contributed by atoms with E-state index in [2.05, 4.69) is 5.32 Å². The van der Waals surface area contributed by atoms with Gasteiger partial charge in [-0.3, -0.25) is 4.79 Å². The lowest BCUT2D eigenvalue weighted by Crippen LogP contribution is -2.41. The molecule has 0 aromatic heterocycles. The summed E-state index contributed by atoms with van der Waals surface area (Å²) in [6.45, 7) is 3.88. The zero-order valence-corrected chi connectivity index (χ0v) is 12.7. The van der Waals surface area contributed by atoms with Gasteiger partial charge in [0.05, 0.1) is 10.7 Å². The average Bonchev–Trinajstić information content (AvgIpc) is 2.39. The molecule has 0 aliphatic rings. The number of carboxylic acids is 1. The highest BCUT2D eigenvalue weighted by atomic mass is 35.5. The monoisotopic (exact) mass is 316 g/mol. The molecule has 2 amide bonds. The van der Waals surface area contributed by atoms with Crippen LogP contribution in [0.1, 0.15) is 26.7 Å². The summed E-state index contributed by atoms with van der Waals surface area (Å²) in [5.41, 5.74) is -0.00335. The number of amides is 2. The molecule has 0 unspecified atom stereocenters. The molecule has 0 aliphatic carbocycles. The Morgan fingerprint density at radius 1 is 1.43 bits per heavy atom. The number of hydrogen-bond donors (Lipinski definition) is 2. The van der Waals surface area contributed by atoms with Gasteiger partial charge < -0.3 is 15.3 Å². The quantitative estimate of drug-likeness (QED) is 0.842. The molecule has 7 heteroatoms. The van der Waals surface area contributed by atoms with Crippen molar-refractivity contribution in [3.63, 3.8) is 0 Å². The maximum Gasteiger partial charge on any atom is 0.322 e. The lowest BCUT2D eigenvalue weighted by molar-refractivity contribution is -0.137. The van der Waals surface area contributed by atoms with Crippen LogP contribution in [-0.2, 0) is 4.79 Å². The maximum atomic E-state index is 13.7. The molecule has 0 saturated carbocycles. The van der Waals surface area contributed by atoms with Crippen LogP contribution in [-0.4, -0.2) is 34.6 Å². The normalized spacial score (nSPS) is 10.5. The van der Waals surface area contributed by atoms with Gasteiger partial charge in [0.2, 0.25) is 0 Å². The van der Waals surface area contributed by atoms with Crippen LogP contribution in [0.3, 0.4) is 0 Å². The van der Waals surface area contributed by atoms with Crippen LogP contribution in [0.5, 0.6) is 0 Å². The number of anilines is 1. The maximum absolute atomic E-state index is 13.7. The van der Waals surface area contributed by atoms with Gasteiger partial charge in [-0.1, -0.05) is 17.7 Å². The third kappa shape index (κ3) is 5.23. The van der Waals surface area contributed by atoms with Gasteiger partial charge in [0.25, 0.3) is 0 Å². The van der Waals surface area contributed by atoms with Gasteiger partial charge in [0, 0.05) is 19.0 Å². The summed E-state index contributed by atoms with van der Waals surface area (Å²) < 4.78 is 13.7. The summed E-state index contributed by atoms with van der Waals surface area (Å²) in [7, 11) is 0. The molecule has 1 aromatic rings. The van der Waals surface area contributed by atoms with Crippen molar-refractivity contribution in [1.29, 1.82) is 0 Å². The molecule has 116 valence electrons. The molecule has 1 aromatic carbocycles. The number of halogens is 2. The number of rotatable bonds is 6. The predicted molar refractivity (Wildman–Crippen MR) is 79.1 cm³/mol. The Labute approximate surface area is 127 Å². The molecule has 0 atom stereocenters. The molecule has 0 fully saturated rings. The Kier molecular flexibility index (Phi) is 6.42. The van der Waals surface area contributed by atoms with Crippen molar-refractivity contribution in [2.75, 3.05) is 11.9 Å². The fourth-order valence-corrected chi connectivity index (χ4v) is 1.96. The highest BCUT2D eigenvalue weighted by Gasteiger charge is 2.19. The number of carbonyl (C=O) groups excluding carboxylic acids is 1. The van der Waals surface area contributed by atoms with Crippen molar-refractivity contribution in [1.82, 2.24) is 4.90 Å². The van der Waals surface area contributed by atoms with Gasteiger partial charge in [-0.15, -0.1) is 0 Å². The number of nitrogens with one attached hydrogen (secondary N) is 1. The van der Waals surface area contributed by atoms with E-state index in [1.807, 2.05) is 0 Å². The number of benzene rings is 1. The van der Waals surface area contributed by atoms with Crippen LogP contribution < -0.4 is 5.32 Å². The first-order valence-electron chi connectivity index (χ1n) is 6.56. The largest absolute Gasteiger partial charge is 0.481 e. The fourth-order valence-electron chi connectivity index (χ4n) is 1.78. The van der Waals surface area contributed by atoms with Crippen LogP contribution in [0.25, 0.3) is 0 Å². The van der Waals surface area contributed by atoms with Crippen LogP contribution in [0.2, 0.25) is 5.02 Å². The lowest BCUT2D eigenvalue weighted by Gasteiger charge is -2.27. The second-order valence-corrected chi connectivity index (χ2v) is 5.22. The molecule has 0 bridgehead atoms. The SMILES string of the molecule is CC(C)N(CCCC(=O)O)C(=O)Nc1cccc(Cl)c1F. The molecule has 5 nitrogen and oxygen atoms in total. The minimum Gasteiger partial charge on any atom is -0.481 e. The standard InChI is InChI=1S/C14H18ClFN2O3/c1-9(2)18(8-4-7-12(19)20)14(21)17-11-6-3-5-10(15)13(11)16/h3,5-6,9H,4,7-8H2,1-2H3,(H,17,21)(H,19,20). The van der Waals surface area contributed by atoms with Gasteiger partial charge in [0.15, 0.2) is 5.82 Å². The second kappa shape index (κ2) is 7.83. The van der Waals surface area contributed by atoms with E-state index >= 15 is 0 Å². The highest BCUT2D eigenvalue weighted by molar-refractivity contribution is 6.31. The minimum atomic E-state index is -0.917. The van der Waals surface area contributed by atoms with Crippen molar-refractivity contribution < 1.29 is 19.1 Å². The van der Waals surface area contributed by atoms with Crippen LogP contribution in [0.4, 0.5) is 14.9 Å². The van der Waals surface area contributed by atoms with Crippen molar-refractivity contribution in [2.45, 2.75) is 32.7 Å². The van der Waals surface area contributed by atoms with Crippen molar-refractivity contribution in [2.24, 2.45) is 0 Å². The lowest BCUT2D eigenvalue weighted by atomic mass is 10.2. The Bertz CT molecular complexity index is 523. The summed E-state index contributed by atoms with van der Waals surface area (Å²) in [5.74, 6) is -1.61. The van der Waals surface area contributed by atoms with E-state index in [1.54, 1.807) is 13.8 Å². The van der Waals surface area contributed by atoms with Crippen LogP contribution >= 0.6 is 11.6 Å². The van der Waals surface area contributed by atoms with Gasteiger partial charge >= 0.3 is 12.0 Å². The first-order valence-corrected chi connectivity index (χ1v) is 6.94. The zero-order valence-electron chi connectivity index (χ0n) is 11.9. The number of nitrogens with zero attached hydrogens (tertiary/aromatic N) is 1. The topological polar surface area (TPSA) is 69.6 Å². The third-order valence-corrected chi connectivity index (χ3v) is 3.16. The minimum absolute atomic E-state index is 0.00335. The van der Waals surface area contributed by atoms with Crippen molar-refractivity contribution in [3.8, 4) is 0 Å². The summed E-state index contributed by atoms with van der Waals surface area (Å²) in [6, 6.07) is 3.71. The number of urea groups is 1. The number of carbonyl (C=O) groups is 2. The molecule has 0 radical (unpaired) electrons. The average molecular weight is 317 g/mol. The van der Waals surface area contributed by atoms with Gasteiger partial charge in [0.1, 0.15) is 0 Å². The number of carboxylic acid groups (broad SMARTS) is 1. The predicted octanol–water partition coefficient (Wildman–Crippen LogP) is 3.59. The van der Waals surface area contributed by atoms with E-state index in [1.165, 1.54) is 23.1 Å². The summed E-state index contributed by atoms with van der Waals surface area (Å²) in [6.07, 6.45) is 0.307. The van der Waals surface area contributed by atoms with Gasteiger partial charge in [-0.05, 0) is 32.4 Å². The molecule has 2 N–H and O–H groups in total. The molecule has 1 rings (SSSR count). The highest BCUT2D eigenvalue weighted by Crippen LogP contribution is 2.22. The molecule has 21 heavy (non-hydrogen) atoms. The first-order chi connectivity index (χ1) is 9.82. The fraction of sp³-hybridized carbons (Fsp3) is 0.429. The molecule has 0 spiro atoms. The Morgan fingerprint density at radius 3 is 2.67 bits per heavy atom. The molecular weight excluding hydrogens is 299 g/mol. The molecule has 0 aliphatic heterocycles. The Morgan fingerprint density at radius 2 is 2.10 bits per heavy atom. The second-order valence-electron chi connectivity index (χ2n) is 4.82. The Hall–Kier alpha value is -1.82. The van der Waals surface area contributed by atoms with E-state index in [9.17, 15) is 14.0 Å². The van der Waals surface area contributed by atoms with E-state index in [4.69, 9.17) is 16.7 Å². The smallest absolute Gasteiger partial charge is 0.322 e. The van der Waals surface area contributed by atoms with E-state index < -0.39 is 17.8 Å². The molecule has 0 saturated heterocycles. The van der Waals surface area contributed by atoms with Crippen LogP contribution in [0, 0.1) is 5.82 Å². The number of aliphatic carboxylic acids is 1. The molecular formula is C14H18ClFN2O3. The van der Waals surface area contributed by atoms with Gasteiger partial charge in [-0.25, -0.2) is 9.18 Å². The first kappa shape index (κ1) is 17.2. The zero-order chi connectivity index (χ0) is 16.0. The van der Waals surface area contributed by atoms with E-state index in [-0.39, 0.29) is 29.7 Å². The van der Waals surface area contributed by atoms with E-state index in [0.717, 1.165) is 0 Å². The third-order valence-electron chi connectivity index (χ3n) is 2.87. The number of hydrogen-bond acceptors (Lipinski definition) is 2. The molecule has 0 heterocycles. The van der Waals surface area contributed by atoms with Crippen molar-refractivity contribution in [3.05, 3.63) is 29.0 Å². The van der Waals surface area contributed by atoms with Crippen LogP contribution in [0.15, 0.2) is 18.2 Å². The van der Waals surface area contributed by atoms with Crippen molar-refractivity contribution >= 4 is 29.3 Å². The Balaban J connectivity index is 2.73. The summed E-state index contributed by atoms with van der Waals surface area (Å²) in [5, 5.41) is 11.0. The van der Waals surface area contributed by atoms with E-state index in [0.29, 0.717) is 6.42 Å². The summed E-state index contributed by atoms with van der Waals surface area (Å²) in [4.78, 5) is 24.1. The van der Waals surface area contributed by atoms with Gasteiger partial charge in [-0.2, -0.15) is 0 Å². The summed E-state index contributed by atoms with van der Waals surface area (Å²) >= 11 is 5.65.